The molecule has 1 amide bonds. The maximum atomic E-state index is 13.6. The summed E-state index contributed by atoms with van der Waals surface area (Å²) in [5.74, 6) is 0.185. The summed E-state index contributed by atoms with van der Waals surface area (Å²) < 4.78 is 13.6. The van der Waals surface area contributed by atoms with Crippen molar-refractivity contribution in [2.75, 3.05) is 31.9 Å². The molecule has 152 valence electrons. The van der Waals surface area contributed by atoms with Gasteiger partial charge >= 0.3 is 0 Å². The first-order valence-corrected chi connectivity index (χ1v) is 11.5. The molecule has 29 heavy (non-hydrogen) atoms. The molecular formula is C21H23FN4OS2. The second kappa shape index (κ2) is 9.19. The molecule has 1 aliphatic rings. The molecule has 4 rings (SSSR count). The third-order valence-electron chi connectivity index (χ3n) is 5.01. The largest absolute Gasteiger partial charge is 0.341 e. The number of fused-ring (bicyclic) bond motifs is 1. The molecule has 0 bridgehead atoms. The van der Waals surface area contributed by atoms with Crippen LogP contribution in [0.4, 0.5) is 4.39 Å². The van der Waals surface area contributed by atoms with Crippen LogP contribution in [0, 0.1) is 12.7 Å². The number of benzene rings is 1. The Morgan fingerprint density at radius 2 is 2.14 bits per heavy atom. The van der Waals surface area contributed by atoms with Crippen molar-refractivity contribution in [1.29, 1.82) is 0 Å². The molecule has 0 aliphatic carbocycles. The van der Waals surface area contributed by atoms with E-state index < -0.39 is 0 Å². The molecule has 0 N–H and O–H groups in total. The number of aromatic nitrogens is 2. The maximum Gasteiger partial charge on any atom is 0.232 e. The Balaban J connectivity index is 1.34. The van der Waals surface area contributed by atoms with Crippen molar-refractivity contribution in [3.8, 4) is 0 Å². The topological polar surface area (TPSA) is 49.3 Å². The predicted octanol–water partition coefficient (Wildman–Crippen LogP) is 3.97. The molecule has 0 radical (unpaired) electrons. The van der Waals surface area contributed by atoms with Gasteiger partial charge in [-0.05, 0) is 37.6 Å². The summed E-state index contributed by atoms with van der Waals surface area (Å²) in [6, 6.07) is 6.41. The van der Waals surface area contributed by atoms with Crippen LogP contribution in [0.3, 0.4) is 0 Å². The van der Waals surface area contributed by atoms with Gasteiger partial charge in [-0.2, -0.15) is 0 Å². The number of carbonyl (C=O) groups excluding carboxylic acids is 1. The fourth-order valence-electron chi connectivity index (χ4n) is 3.54. The van der Waals surface area contributed by atoms with Gasteiger partial charge in [-0.3, -0.25) is 14.7 Å². The molecule has 0 spiro atoms. The second-order valence-electron chi connectivity index (χ2n) is 7.13. The lowest BCUT2D eigenvalue weighted by Gasteiger charge is -2.21. The van der Waals surface area contributed by atoms with Crippen LogP contribution < -0.4 is 0 Å². The van der Waals surface area contributed by atoms with Crippen LogP contribution in [-0.4, -0.2) is 57.6 Å². The number of rotatable bonds is 5. The summed E-state index contributed by atoms with van der Waals surface area (Å²) in [4.78, 5) is 26.8. The fraction of sp³-hybridized carbons (Fsp3) is 0.381. The smallest absolute Gasteiger partial charge is 0.232 e. The fourth-order valence-corrected chi connectivity index (χ4v) is 5.08. The maximum absolute atomic E-state index is 13.6. The van der Waals surface area contributed by atoms with Gasteiger partial charge in [0.05, 0.1) is 22.0 Å². The minimum absolute atomic E-state index is 0.128. The monoisotopic (exact) mass is 430 g/mol. The van der Waals surface area contributed by atoms with E-state index in [9.17, 15) is 9.18 Å². The molecule has 1 saturated heterocycles. The Kier molecular flexibility index (Phi) is 6.42. The molecule has 1 fully saturated rings. The van der Waals surface area contributed by atoms with Crippen LogP contribution in [0.2, 0.25) is 0 Å². The standard InChI is InChI=1S/C21H23FN4OS2/c1-15-24-17(13-28-15)12-25-7-2-8-26(10-9-25)21(27)14-29-20-5-6-23-19-4-3-16(22)11-18(19)20/h3-6,11,13H,2,7-10,12,14H2,1H3. The van der Waals surface area contributed by atoms with E-state index >= 15 is 0 Å². The van der Waals surface area contributed by atoms with Crippen LogP contribution in [0.25, 0.3) is 10.9 Å². The third kappa shape index (κ3) is 5.12. The van der Waals surface area contributed by atoms with Crippen molar-refractivity contribution < 1.29 is 9.18 Å². The van der Waals surface area contributed by atoms with E-state index in [4.69, 9.17) is 0 Å². The van der Waals surface area contributed by atoms with Crippen molar-refractivity contribution in [3.63, 3.8) is 0 Å². The lowest BCUT2D eigenvalue weighted by atomic mass is 10.2. The van der Waals surface area contributed by atoms with E-state index in [2.05, 4.69) is 20.2 Å². The first-order chi connectivity index (χ1) is 14.1. The highest BCUT2D eigenvalue weighted by Crippen LogP contribution is 2.27. The zero-order valence-corrected chi connectivity index (χ0v) is 17.9. The summed E-state index contributed by atoms with van der Waals surface area (Å²) in [5, 5.41) is 3.96. The van der Waals surface area contributed by atoms with Crippen molar-refractivity contribution >= 4 is 39.9 Å². The highest BCUT2D eigenvalue weighted by atomic mass is 32.2. The average molecular weight is 431 g/mol. The van der Waals surface area contributed by atoms with Crippen molar-refractivity contribution in [1.82, 2.24) is 19.8 Å². The molecule has 8 heteroatoms. The van der Waals surface area contributed by atoms with Gasteiger partial charge in [0.15, 0.2) is 0 Å². The summed E-state index contributed by atoms with van der Waals surface area (Å²) in [6.45, 7) is 6.20. The minimum atomic E-state index is -0.290. The Morgan fingerprint density at radius 3 is 2.97 bits per heavy atom. The van der Waals surface area contributed by atoms with Crippen molar-refractivity contribution in [2.24, 2.45) is 0 Å². The molecule has 1 aromatic carbocycles. The Hall–Kier alpha value is -2.03. The first-order valence-electron chi connectivity index (χ1n) is 9.67. The normalized spacial score (nSPS) is 15.6. The zero-order chi connectivity index (χ0) is 20.2. The number of thioether (sulfide) groups is 1. The van der Waals surface area contributed by atoms with E-state index in [0.29, 0.717) is 5.75 Å². The Bertz CT molecular complexity index is 1010. The quantitative estimate of drug-likeness (QED) is 0.574. The van der Waals surface area contributed by atoms with Crippen LogP contribution in [0.5, 0.6) is 0 Å². The van der Waals surface area contributed by atoms with Gasteiger partial charge in [0.25, 0.3) is 0 Å². The SMILES string of the molecule is Cc1nc(CN2CCCN(C(=O)CSc3ccnc4ccc(F)cc34)CC2)cs1. The second-order valence-corrected chi connectivity index (χ2v) is 9.21. The molecule has 3 aromatic rings. The van der Waals surface area contributed by atoms with Crippen molar-refractivity contribution in [2.45, 2.75) is 24.8 Å². The molecule has 0 unspecified atom stereocenters. The Labute approximate surface area is 177 Å². The van der Waals surface area contributed by atoms with Crippen LogP contribution in [-0.2, 0) is 11.3 Å². The lowest BCUT2D eigenvalue weighted by molar-refractivity contribution is -0.128. The number of hydrogen-bond acceptors (Lipinski definition) is 6. The van der Waals surface area contributed by atoms with Gasteiger partial charge in [0, 0.05) is 54.6 Å². The zero-order valence-electron chi connectivity index (χ0n) is 16.3. The molecule has 2 aromatic heterocycles. The highest BCUT2D eigenvalue weighted by molar-refractivity contribution is 8.00. The van der Waals surface area contributed by atoms with E-state index in [1.54, 1.807) is 23.6 Å². The predicted molar refractivity (Wildman–Crippen MR) is 116 cm³/mol. The number of aryl methyl sites for hydroxylation is 1. The minimum Gasteiger partial charge on any atom is -0.341 e. The van der Waals surface area contributed by atoms with E-state index in [1.807, 2.05) is 17.9 Å². The molecule has 5 nitrogen and oxygen atoms in total. The molecule has 0 atom stereocenters. The van der Waals surface area contributed by atoms with Crippen molar-refractivity contribution in [3.05, 3.63) is 52.4 Å². The number of thiazole rings is 1. The van der Waals surface area contributed by atoms with E-state index in [0.717, 1.165) is 65.6 Å². The number of carbonyl (C=O) groups is 1. The van der Waals surface area contributed by atoms with E-state index in [1.165, 1.54) is 23.9 Å². The first kappa shape index (κ1) is 20.3. The number of hydrogen-bond donors (Lipinski definition) is 0. The summed E-state index contributed by atoms with van der Waals surface area (Å²) in [7, 11) is 0. The van der Waals surface area contributed by atoms with Crippen LogP contribution >= 0.6 is 23.1 Å². The summed E-state index contributed by atoms with van der Waals surface area (Å²) in [5.41, 5.74) is 1.85. The third-order valence-corrected chi connectivity index (χ3v) is 6.89. The van der Waals surface area contributed by atoms with Crippen LogP contribution in [0.1, 0.15) is 17.1 Å². The van der Waals surface area contributed by atoms with Crippen LogP contribution in [0.15, 0.2) is 40.7 Å². The number of halogens is 1. The van der Waals surface area contributed by atoms with Gasteiger partial charge in [-0.15, -0.1) is 23.1 Å². The molecular weight excluding hydrogens is 407 g/mol. The van der Waals surface area contributed by atoms with Gasteiger partial charge in [-0.25, -0.2) is 9.37 Å². The number of nitrogens with zero attached hydrogens (tertiary/aromatic N) is 4. The van der Waals surface area contributed by atoms with Gasteiger partial charge in [0.2, 0.25) is 5.91 Å². The lowest BCUT2D eigenvalue weighted by Crippen LogP contribution is -2.36. The Morgan fingerprint density at radius 1 is 1.24 bits per heavy atom. The van der Waals surface area contributed by atoms with Gasteiger partial charge < -0.3 is 4.90 Å². The number of pyridine rings is 1. The molecule has 3 heterocycles. The highest BCUT2D eigenvalue weighted by Gasteiger charge is 2.20. The summed E-state index contributed by atoms with van der Waals surface area (Å²) in [6.07, 6.45) is 2.67. The number of amides is 1. The molecule has 1 aliphatic heterocycles. The summed E-state index contributed by atoms with van der Waals surface area (Å²) >= 11 is 3.13. The van der Waals surface area contributed by atoms with E-state index in [-0.39, 0.29) is 11.7 Å². The van der Waals surface area contributed by atoms with Gasteiger partial charge in [0.1, 0.15) is 5.82 Å². The van der Waals surface area contributed by atoms with Gasteiger partial charge in [-0.1, -0.05) is 0 Å². The molecule has 0 saturated carbocycles. The average Bonchev–Trinajstić information content (AvgIpc) is 2.98.